The quantitative estimate of drug-likeness (QED) is 0.293. The van der Waals surface area contributed by atoms with Crippen LogP contribution in [0.4, 0.5) is 0 Å². The van der Waals surface area contributed by atoms with E-state index in [1.807, 2.05) is 18.2 Å². The van der Waals surface area contributed by atoms with Gasteiger partial charge in [0.05, 0.1) is 22.9 Å². The van der Waals surface area contributed by atoms with E-state index in [1.54, 1.807) is 35.1 Å². The van der Waals surface area contributed by atoms with Crippen molar-refractivity contribution >= 4 is 22.7 Å². The van der Waals surface area contributed by atoms with Crippen LogP contribution in [0.15, 0.2) is 74.2 Å². The zero-order chi connectivity index (χ0) is 17.9. The van der Waals surface area contributed by atoms with E-state index in [4.69, 9.17) is 8.94 Å². The molecule has 1 aromatic carbocycles. The van der Waals surface area contributed by atoms with Crippen LogP contribution in [-0.4, -0.2) is 19.7 Å². The largest absolute Gasteiger partial charge is 0.461 e. The summed E-state index contributed by atoms with van der Waals surface area (Å²) in [4.78, 5) is 21.6. The molecule has 0 saturated carbocycles. The number of aromatic nitrogens is 4. The number of nitrogens with zero attached hydrogens (tertiary/aromatic N) is 4. The highest BCUT2D eigenvalue weighted by Crippen LogP contribution is 2.23. The molecule has 0 bridgehead atoms. The summed E-state index contributed by atoms with van der Waals surface area (Å²) in [6.07, 6.45) is 3.22. The number of thioether (sulfide) groups is 1. The first-order valence-corrected chi connectivity index (χ1v) is 8.84. The number of para-hydroxylation sites is 1. The number of furan rings is 1. The van der Waals surface area contributed by atoms with Gasteiger partial charge in [-0.05, 0) is 24.3 Å². The zero-order valence-electron chi connectivity index (χ0n) is 13.7. The molecule has 8 heteroatoms. The Kier molecular flexibility index (Phi) is 4.40. The second-order valence-electron chi connectivity index (χ2n) is 5.39. The summed E-state index contributed by atoms with van der Waals surface area (Å²) in [5.74, 6) is 1.74. The van der Waals surface area contributed by atoms with E-state index in [9.17, 15) is 4.79 Å². The molecule has 3 aromatic heterocycles. The van der Waals surface area contributed by atoms with Crippen molar-refractivity contribution in [1.82, 2.24) is 19.7 Å². The fourth-order valence-electron chi connectivity index (χ4n) is 2.49. The Hall–Kier alpha value is -3.13. The molecule has 0 saturated heterocycles. The lowest BCUT2D eigenvalue weighted by Gasteiger charge is -2.10. The molecule has 0 fully saturated rings. The summed E-state index contributed by atoms with van der Waals surface area (Å²) in [6, 6.07) is 10.8. The maximum absolute atomic E-state index is 12.7. The van der Waals surface area contributed by atoms with Crippen molar-refractivity contribution in [3.63, 3.8) is 0 Å². The second-order valence-corrected chi connectivity index (χ2v) is 6.34. The normalized spacial score (nSPS) is 11.1. The van der Waals surface area contributed by atoms with Gasteiger partial charge in [-0.3, -0.25) is 9.36 Å². The number of hydrogen-bond donors (Lipinski definition) is 0. The molecule has 130 valence electrons. The summed E-state index contributed by atoms with van der Waals surface area (Å²) < 4.78 is 12.1. The molecular weight excluding hydrogens is 352 g/mol. The van der Waals surface area contributed by atoms with Crippen molar-refractivity contribution < 1.29 is 8.94 Å². The van der Waals surface area contributed by atoms with Crippen LogP contribution in [0.1, 0.15) is 5.89 Å². The molecule has 26 heavy (non-hydrogen) atoms. The molecule has 0 N–H and O–H groups in total. The molecule has 0 atom stereocenters. The van der Waals surface area contributed by atoms with Crippen LogP contribution < -0.4 is 5.56 Å². The summed E-state index contributed by atoms with van der Waals surface area (Å²) in [7, 11) is 0. The molecular formula is C18H14N4O3S. The third-order valence-corrected chi connectivity index (χ3v) is 4.63. The second kappa shape index (κ2) is 7.01. The fraction of sp³-hybridized carbons (Fsp3) is 0.111. The minimum absolute atomic E-state index is 0.0974. The first-order chi connectivity index (χ1) is 12.8. The number of rotatable bonds is 6. The van der Waals surface area contributed by atoms with Crippen LogP contribution in [0.2, 0.25) is 0 Å². The van der Waals surface area contributed by atoms with Crippen LogP contribution in [0.5, 0.6) is 0 Å². The predicted octanol–water partition coefficient (Wildman–Crippen LogP) is 3.52. The van der Waals surface area contributed by atoms with E-state index >= 15 is 0 Å². The first kappa shape index (κ1) is 16.3. The smallest absolute Gasteiger partial charge is 0.262 e. The third-order valence-electron chi connectivity index (χ3n) is 3.67. The van der Waals surface area contributed by atoms with E-state index in [1.165, 1.54) is 11.8 Å². The van der Waals surface area contributed by atoms with Crippen LogP contribution in [0.3, 0.4) is 0 Å². The van der Waals surface area contributed by atoms with E-state index in [0.29, 0.717) is 45.8 Å². The Morgan fingerprint density at radius 2 is 2.08 bits per heavy atom. The standard InChI is InChI=1S/C18H14N4O3S/c1-2-9-22-17(23)12-6-3-4-7-13(12)19-18(22)26-11-15-20-16(21-25-15)14-8-5-10-24-14/h2-8,10H,1,9,11H2. The number of allylic oxidation sites excluding steroid dienone is 1. The van der Waals surface area contributed by atoms with E-state index < -0.39 is 0 Å². The zero-order valence-corrected chi connectivity index (χ0v) is 14.5. The molecule has 0 aliphatic rings. The Bertz CT molecular complexity index is 1120. The molecule has 0 spiro atoms. The van der Waals surface area contributed by atoms with Gasteiger partial charge in [-0.15, -0.1) is 6.58 Å². The van der Waals surface area contributed by atoms with Gasteiger partial charge in [0, 0.05) is 6.54 Å². The Morgan fingerprint density at radius 1 is 1.19 bits per heavy atom. The Morgan fingerprint density at radius 3 is 2.88 bits per heavy atom. The molecule has 4 aromatic rings. The van der Waals surface area contributed by atoms with Gasteiger partial charge in [-0.25, -0.2) is 4.98 Å². The van der Waals surface area contributed by atoms with E-state index in [0.717, 1.165) is 0 Å². The van der Waals surface area contributed by atoms with Gasteiger partial charge in [0.25, 0.3) is 5.56 Å². The van der Waals surface area contributed by atoms with Crippen molar-refractivity contribution in [1.29, 1.82) is 0 Å². The van der Waals surface area contributed by atoms with Crippen molar-refractivity contribution in [2.45, 2.75) is 17.5 Å². The molecule has 4 rings (SSSR count). The lowest BCUT2D eigenvalue weighted by molar-refractivity contribution is 0.390. The van der Waals surface area contributed by atoms with Gasteiger partial charge >= 0.3 is 0 Å². The molecule has 0 aliphatic carbocycles. The van der Waals surface area contributed by atoms with E-state index in [-0.39, 0.29) is 5.56 Å². The molecule has 3 heterocycles. The maximum Gasteiger partial charge on any atom is 0.262 e. The predicted molar refractivity (Wildman–Crippen MR) is 97.8 cm³/mol. The Balaban J connectivity index is 1.63. The van der Waals surface area contributed by atoms with Gasteiger partial charge < -0.3 is 8.94 Å². The number of fused-ring (bicyclic) bond motifs is 1. The van der Waals surface area contributed by atoms with Crippen molar-refractivity contribution in [3.05, 3.63) is 71.6 Å². The summed E-state index contributed by atoms with van der Waals surface area (Å²) in [5, 5.41) is 5.05. The van der Waals surface area contributed by atoms with Gasteiger partial charge in [-0.2, -0.15) is 4.98 Å². The topological polar surface area (TPSA) is 86.9 Å². The SMILES string of the molecule is C=CCn1c(SCc2nc(-c3ccco3)no2)nc2ccccc2c1=O. The highest BCUT2D eigenvalue weighted by molar-refractivity contribution is 7.98. The molecule has 0 aliphatic heterocycles. The fourth-order valence-corrected chi connectivity index (χ4v) is 3.34. The van der Waals surface area contributed by atoms with Gasteiger partial charge in [0.15, 0.2) is 10.9 Å². The monoisotopic (exact) mass is 366 g/mol. The minimum Gasteiger partial charge on any atom is -0.461 e. The van der Waals surface area contributed by atoms with Crippen LogP contribution in [0, 0.1) is 0 Å². The molecule has 0 radical (unpaired) electrons. The first-order valence-electron chi connectivity index (χ1n) is 7.86. The van der Waals surface area contributed by atoms with Crippen LogP contribution in [0.25, 0.3) is 22.5 Å². The lowest BCUT2D eigenvalue weighted by Crippen LogP contribution is -2.22. The van der Waals surface area contributed by atoms with E-state index in [2.05, 4.69) is 21.7 Å². The van der Waals surface area contributed by atoms with Gasteiger partial charge in [-0.1, -0.05) is 35.1 Å². The summed E-state index contributed by atoms with van der Waals surface area (Å²) in [5.41, 5.74) is 0.557. The number of benzene rings is 1. The molecule has 7 nitrogen and oxygen atoms in total. The van der Waals surface area contributed by atoms with Crippen molar-refractivity contribution in [3.8, 4) is 11.6 Å². The molecule has 0 unspecified atom stereocenters. The van der Waals surface area contributed by atoms with Crippen molar-refractivity contribution in [2.75, 3.05) is 0 Å². The Labute approximate surface area is 152 Å². The number of hydrogen-bond acceptors (Lipinski definition) is 7. The van der Waals surface area contributed by atoms with Gasteiger partial charge in [0.2, 0.25) is 11.7 Å². The van der Waals surface area contributed by atoms with Crippen molar-refractivity contribution in [2.24, 2.45) is 0 Å². The summed E-state index contributed by atoms with van der Waals surface area (Å²) in [6.45, 7) is 4.10. The summed E-state index contributed by atoms with van der Waals surface area (Å²) >= 11 is 1.36. The minimum atomic E-state index is -0.0974. The average Bonchev–Trinajstić information content (AvgIpc) is 3.34. The third kappa shape index (κ3) is 3.06. The average molecular weight is 366 g/mol. The highest BCUT2D eigenvalue weighted by atomic mass is 32.2. The van der Waals surface area contributed by atoms with Gasteiger partial charge in [0.1, 0.15) is 0 Å². The van der Waals surface area contributed by atoms with Crippen LogP contribution in [-0.2, 0) is 12.3 Å². The van der Waals surface area contributed by atoms with Crippen LogP contribution >= 0.6 is 11.8 Å². The maximum atomic E-state index is 12.7. The molecule has 0 amide bonds. The lowest BCUT2D eigenvalue weighted by atomic mass is 10.2. The highest BCUT2D eigenvalue weighted by Gasteiger charge is 2.14.